The fourth-order valence-corrected chi connectivity index (χ4v) is 5.54. The van der Waals surface area contributed by atoms with Crippen molar-refractivity contribution in [1.82, 2.24) is 16.0 Å². The lowest BCUT2D eigenvalue weighted by atomic mass is 9.97. The van der Waals surface area contributed by atoms with Crippen LogP contribution in [0.2, 0.25) is 0 Å². The van der Waals surface area contributed by atoms with Gasteiger partial charge in [-0.15, -0.1) is 0 Å². The van der Waals surface area contributed by atoms with E-state index < -0.39 is 51.5 Å². The van der Waals surface area contributed by atoms with E-state index in [1.165, 1.54) is 0 Å². The van der Waals surface area contributed by atoms with E-state index in [9.17, 15) is 32.1 Å². The maximum Gasteiger partial charge on any atom is 0.408 e. The van der Waals surface area contributed by atoms with Gasteiger partial charge in [0.05, 0.1) is 6.04 Å². The molecule has 2 rings (SSSR count). The van der Waals surface area contributed by atoms with Crippen molar-refractivity contribution in [2.75, 3.05) is 6.54 Å². The zero-order valence-corrected chi connectivity index (χ0v) is 25.5. The molecule has 0 aromatic heterocycles. The molecule has 0 aliphatic carbocycles. The van der Waals surface area contributed by atoms with Crippen LogP contribution in [-0.4, -0.2) is 60.9 Å². The molecule has 3 amide bonds. The zero-order chi connectivity index (χ0) is 31.1. The number of unbranched alkanes of at least 4 members (excludes halogenated alkanes) is 4. The van der Waals surface area contributed by atoms with Crippen LogP contribution in [0.15, 0.2) is 30.3 Å². The number of alkyl carbamates (subject to hydrolysis) is 1. The minimum Gasteiger partial charge on any atom is -0.445 e. The van der Waals surface area contributed by atoms with Gasteiger partial charge >= 0.3 is 22.2 Å². The van der Waals surface area contributed by atoms with E-state index >= 15 is 0 Å². The third-order valence-electron chi connectivity index (χ3n) is 6.91. The molecule has 1 fully saturated rings. The van der Waals surface area contributed by atoms with E-state index in [1.54, 1.807) is 24.3 Å². The van der Waals surface area contributed by atoms with Crippen LogP contribution in [0, 0.1) is 11.8 Å². The molecule has 1 aromatic carbocycles. The molecule has 3 unspecified atom stereocenters. The maximum atomic E-state index is 13.4. The van der Waals surface area contributed by atoms with Crippen LogP contribution >= 0.6 is 0 Å². The predicted molar refractivity (Wildman–Crippen MR) is 155 cm³/mol. The summed E-state index contributed by atoms with van der Waals surface area (Å²) >= 11 is 0. The van der Waals surface area contributed by atoms with E-state index in [0.717, 1.165) is 31.2 Å². The SMILES string of the molecule is CCCCCCCC(=O)OC(C(C[C@@H]1CCNC1=O)NC(=O)C(CC(C)C)NC(=O)OCc1ccccc1)S(=O)(=O)O. The Bertz CT molecular complexity index is 1130. The smallest absolute Gasteiger partial charge is 0.408 e. The Morgan fingerprint density at radius 1 is 1.07 bits per heavy atom. The molecule has 0 spiro atoms. The summed E-state index contributed by atoms with van der Waals surface area (Å²) in [4.78, 5) is 50.9. The Balaban J connectivity index is 2.19. The van der Waals surface area contributed by atoms with Crippen molar-refractivity contribution in [2.24, 2.45) is 11.8 Å². The van der Waals surface area contributed by atoms with Crippen LogP contribution in [-0.2, 0) is 40.6 Å². The number of amides is 3. The number of hydrogen-bond acceptors (Lipinski definition) is 8. The fraction of sp³-hybridized carbons (Fsp3) is 0.655. The van der Waals surface area contributed by atoms with Crippen molar-refractivity contribution in [1.29, 1.82) is 0 Å². The molecular formula is C29H45N3O9S. The summed E-state index contributed by atoms with van der Waals surface area (Å²) in [5.74, 6) is -2.69. The van der Waals surface area contributed by atoms with Gasteiger partial charge in [-0.05, 0) is 37.2 Å². The molecule has 236 valence electrons. The molecule has 0 radical (unpaired) electrons. The molecule has 4 N–H and O–H groups in total. The van der Waals surface area contributed by atoms with Gasteiger partial charge in [-0.2, -0.15) is 8.42 Å². The number of carbonyl (C=O) groups is 4. The van der Waals surface area contributed by atoms with Crippen molar-refractivity contribution >= 4 is 34.0 Å². The Hall–Kier alpha value is -3.19. The number of nitrogens with one attached hydrogen (secondary N) is 3. The molecule has 0 saturated carbocycles. The molecule has 1 heterocycles. The second-order valence-electron chi connectivity index (χ2n) is 11.1. The van der Waals surface area contributed by atoms with Crippen LogP contribution in [0.25, 0.3) is 0 Å². The highest BCUT2D eigenvalue weighted by Gasteiger charge is 2.41. The fourth-order valence-electron chi connectivity index (χ4n) is 4.72. The first-order valence-corrected chi connectivity index (χ1v) is 16.1. The largest absolute Gasteiger partial charge is 0.445 e. The van der Waals surface area contributed by atoms with Gasteiger partial charge in [0.25, 0.3) is 0 Å². The summed E-state index contributed by atoms with van der Waals surface area (Å²) < 4.78 is 45.4. The predicted octanol–water partition coefficient (Wildman–Crippen LogP) is 3.46. The quantitative estimate of drug-likeness (QED) is 0.110. The van der Waals surface area contributed by atoms with Crippen molar-refractivity contribution < 1.29 is 41.6 Å². The number of benzene rings is 1. The van der Waals surface area contributed by atoms with Crippen molar-refractivity contribution in [2.45, 2.75) is 103 Å². The molecule has 1 saturated heterocycles. The number of hydrogen-bond donors (Lipinski definition) is 4. The lowest BCUT2D eigenvalue weighted by molar-refractivity contribution is -0.148. The minimum atomic E-state index is -5.02. The molecule has 1 aliphatic heterocycles. The monoisotopic (exact) mass is 611 g/mol. The third kappa shape index (κ3) is 12.8. The molecule has 1 aromatic rings. The highest BCUT2D eigenvalue weighted by atomic mass is 32.2. The van der Waals surface area contributed by atoms with Crippen LogP contribution < -0.4 is 16.0 Å². The van der Waals surface area contributed by atoms with E-state index in [0.29, 0.717) is 19.4 Å². The topological polar surface area (TPSA) is 177 Å². The van der Waals surface area contributed by atoms with Gasteiger partial charge in [-0.1, -0.05) is 76.8 Å². The van der Waals surface area contributed by atoms with Crippen molar-refractivity contribution in [3.05, 3.63) is 35.9 Å². The van der Waals surface area contributed by atoms with Gasteiger partial charge in [-0.3, -0.25) is 18.9 Å². The van der Waals surface area contributed by atoms with Crippen LogP contribution in [0.3, 0.4) is 0 Å². The van der Waals surface area contributed by atoms with Crippen molar-refractivity contribution in [3.8, 4) is 0 Å². The lowest BCUT2D eigenvalue weighted by Crippen LogP contribution is -2.55. The minimum absolute atomic E-state index is 0.0265. The first-order valence-electron chi connectivity index (χ1n) is 14.6. The second-order valence-corrected chi connectivity index (χ2v) is 12.5. The summed E-state index contributed by atoms with van der Waals surface area (Å²) in [5.41, 5.74) is -1.39. The van der Waals surface area contributed by atoms with Gasteiger partial charge in [0.15, 0.2) is 0 Å². The van der Waals surface area contributed by atoms with E-state index in [2.05, 4.69) is 22.9 Å². The number of rotatable bonds is 18. The summed E-state index contributed by atoms with van der Waals surface area (Å²) in [6.45, 7) is 6.06. The molecule has 13 heteroatoms. The Labute approximate surface area is 248 Å². The normalized spacial score (nSPS) is 17.2. The van der Waals surface area contributed by atoms with Gasteiger partial charge in [-0.25, -0.2) is 4.79 Å². The Morgan fingerprint density at radius 2 is 1.76 bits per heavy atom. The average molecular weight is 612 g/mol. The standard InChI is InChI=1S/C29H45N3O9S/c1-4-5-6-7-11-14-25(33)41-28(42(37,38)39)24(18-22-15-16-30-26(22)34)31-27(35)23(17-20(2)3)32-29(36)40-19-21-12-9-8-10-13-21/h8-10,12-13,20,22-24,28H,4-7,11,14-19H2,1-3H3,(H,30,34)(H,31,35)(H,32,36)(H,37,38,39)/t22-,23?,24?,28?/m0/s1. The van der Waals surface area contributed by atoms with E-state index in [1.807, 2.05) is 19.9 Å². The zero-order valence-electron chi connectivity index (χ0n) is 24.7. The van der Waals surface area contributed by atoms with E-state index in [4.69, 9.17) is 9.47 Å². The van der Waals surface area contributed by atoms with Gasteiger partial charge < -0.3 is 25.4 Å². The number of esters is 1. The third-order valence-corrected chi connectivity index (χ3v) is 7.92. The lowest BCUT2D eigenvalue weighted by Gasteiger charge is -2.29. The summed E-state index contributed by atoms with van der Waals surface area (Å²) in [6.07, 6.45) is 3.59. The Morgan fingerprint density at radius 3 is 2.36 bits per heavy atom. The highest BCUT2D eigenvalue weighted by Crippen LogP contribution is 2.22. The van der Waals surface area contributed by atoms with E-state index in [-0.39, 0.29) is 37.7 Å². The van der Waals surface area contributed by atoms with Gasteiger partial charge in [0.1, 0.15) is 12.6 Å². The molecule has 12 nitrogen and oxygen atoms in total. The molecule has 0 bridgehead atoms. The molecule has 42 heavy (non-hydrogen) atoms. The van der Waals surface area contributed by atoms with Gasteiger partial charge in [0, 0.05) is 18.9 Å². The first-order chi connectivity index (χ1) is 19.9. The van der Waals surface area contributed by atoms with Crippen LogP contribution in [0.5, 0.6) is 0 Å². The second kappa shape index (κ2) is 17.7. The van der Waals surface area contributed by atoms with Crippen LogP contribution in [0.1, 0.15) is 84.1 Å². The first kappa shape index (κ1) is 35.0. The van der Waals surface area contributed by atoms with Crippen molar-refractivity contribution in [3.63, 3.8) is 0 Å². The molecule has 4 atom stereocenters. The average Bonchev–Trinajstić information content (AvgIpc) is 3.33. The summed E-state index contributed by atoms with van der Waals surface area (Å²) in [5, 5.41) is 7.71. The molecular weight excluding hydrogens is 566 g/mol. The molecule has 1 aliphatic rings. The summed E-state index contributed by atoms with van der Waals surface area (Å²) in [6, 6.07) is 6.37. The maximum absolute atomic E-state index is 13.4. The Kier molecular flexibility index (Phi) is 14.7. The summed E-state index contributed by atoms with van der Waals surface area (Å²) in [7, 11) is -5.02. The highest BCUT2D eigenvalue weighted by molar-refractivity contribution is 7.86. The van der Waals surface area contributed by atoms with Crippen LogP contribution in [0.4, 0.5) is 4.79 Å². The van der Waals surface area contributed by atoms with Gasteiger partial charge in [0.2, 0.25) is 17.3 Å². The number of ether oxygens (including phenoxy) is 2. The number of carbonyl (C=O) groups excluding carboxylic acids is 4.